The van der Waals surface area contributed by atoms with Crippen LogP contribution in [0, 0.1) is 13.8 Å². The maximum atomic E-state index is 11.9. The first-order chi connectivity index (χ1) is 9.61. The summed E-state index contributed by atoms with van der Waals surface area (Å²) in [5, 5.41) is 3.40. The lowest BCUT2D eigenvalue weighted by Crippen LogP contribution is -2.14. The van der Waals surface area contributed by atoms with Crippen molar-refractivity contribution in [2.24, 2.45) is 0 Å². The molecule has 0 aliphatic heterocycles. The fourth-order valence-corrected chi connectivity index (χ4v) is 2.87. The maximum absolute atomic E-state index is 11.9. The first-order valence-electron chi connectivity index (χ1n) is 6.18. The molecule has 0 saturated carbocycles. The number of rotatable bonds is 3. The summed E-state index contributed by atoms with van der Waals surface area (Å²) in [5.41, 5.74) is 2.81. The minimum atomic E-state index is -0.152. The number of carbonyl (C=O) groups excluding carboxylic acids is 1. The van der Waals surface area contributed by atoms with Crippen molar-refractivity contribution in [2.45, 2.75) is 20.3 Å². The lowest BCUT2D eigenvalue weighted by atomic mass is 10.2. The van der Waals surface area contributed by atoms with Crippen LogP contribution in [0.4, 0.5) is 5.13 Å². The molecule has 20 heavy (non-hydrogen) atoms. The first-order valence-corrected chi connectivity index (χ1v) is 6.99. The molecule has 0 unspecified atom stereocenters. The second-order valence-electron chi connectivity index (χ2n) is 4.58. The lowest BCUT2D eigenvalue weighted by Gasteiger charge is -1.99. The standard InChI is InChI=1S/C14H13N3O2S/c1-8-3-4-10-12(5-8)20-14(16-10)17-13(18)6-11-9(2)15-7-19-11/h3-5,7H,6H2,1-2H3,(H,16,17,18). The summed E-state index contributed by atoms with van der Waals surface area (Å²) in [6, 6.07) is 6.02. The van der Waals surface area contributed by atoms with Gasteiger partial charge in [0.1, 0.15) is 5.76 Å². The van der Waals surface area contributed by atoms with Gasteiger partial charge in [-0.25, -0.2) is 9.97 Å². The number of amides is 1. The van der Waals surface area contributed by atoms with Crippen LogP contribution in [0.15, 0.2) is 29.0 Å². The Morgan fingerprint density at radius 1 is 1.40 bits per heavy atom. The van der Waals surface area contributed by atoms with E-state index in [0.717, 1.165) is 15.9 Å². The monoisotopic (exact) mass is 287 g/mol. The number of aryl methyl sites for hydroxylation is 2. The fraction of sp³-hybridized carbons (Fsp3) is 0.214. The number of aromatic nitrogens is 2. The van der Waals surface area contributed by atoms with E-state index in [1.807, 2.05) is 26.0 Å². The SMILES string of the molecule is Cc1ccc2nc(NC(=O)Cc3ocnc3C)sc2c1. The molecule has 0 spiro atoms. The minimum Gasteiger partial charge on any atom is -0.448 e. The molecule has 0 radical (unpaired) electrons. The summed E-state index contributed by atoms with van der Waals surface area (Å²) >= 11 is 1.47. The van der Waals surface area contributed by atoms with Gasteiger partial charge in [-0.05, 0) is 31.5 Å². The van der Waals surface area contributed by atoms with Gasteiger partial charge >= 0.3 is 0 Å². The lowest BCUT2D eigenvalue weighted by molar-refractivity contribution is -0.115. The summed E-state index contributed by atoms with van der Waals surface area (Å²) in [4.78, 5) is 20.3. The Morgan fingerprint density at radius 2 is 2.25 bits per heavy atom. The van der Waals surface area contributed by atoms with E-state index in [1.165, 1.54) is 23.3 Å². The molecule has 1 N–H and O–H groups in total. The second kappa shape index (κ2) is 5.05. The van der Waals surface area contributed by atoms with Crippen LogP contribution in [-0.2, 0) is 11.2 Å². The molecule has 0 aliphatic rings. The van der Waals surface area contributed by atoms with Crippen LogP contribution in [-0.4, -0.2) is 15.9 Å². The van der Waals surface area contributed by atoms with Gasteiger partial charge in [0.05, 0.1) is 22.3 Å². The smallest absolute Gasteiger partial charge is 0.233 e. The van der Waals surface area contributed by atoms with E-state index in [0.29, 0.717) is 10.9 Å². The molecule has 3 aromatic rings. The number of hydrogen-bond acceptors (Lipinski definition) is 5. The molecule has 3 rings (SSSR count). The fourth-order valence-electron chi connectivity index (χ4n) is 1.89. The van der Waals surface area contributed by atoms with Crippen LogP contribution in [0.2, 0.25) is 0 Å². The summed E-state index contributed by atoms with van der Waals surface area (Å²) in [5.74, 6) is 0.431. The zero-order chi connectivity index (χ0) is 14.1. The number of carbonyl (C=O) groups is 1. The number of benzene rings is 1. The number of oxazole rings is 1. The molecule has 2 aromatic heterocycles. The topological polar surface area (TPSA) is 68.0 Å². The zero-order valence-electron chi connectivity index (χ0n) is 11.1. The van der Waals surface area contributed by atoms with Crippen molar-refractivity contribution in [3.63, 3.8) is 0 Å². The van der Waals surface area contributed by atoms with E-state index in [9.17, 15) is 4.79 Å². The van der Waals surface area contributed by atoms with Crippen molar-refractivity contribution in [1.82, 2.24) is 9.97 Å². The Hall–Kier alpha value is -2.21. The third-order valence-electron chi connectivity index (χ3n) is 2.96. The molecule has 0 bridgehead atoms. The van der Waals surface area contributed by atoms with Gasteiger partial charge in [0.25, 0.3) is 0 Å². The van der Waals surface area contributed by atoms with Crippen molar-refractivity contribution < 1.29 is 9.21 Å². The Morgan fingerprint density at radius 3 is 3.00 bits per heavy atom. The predicted octanol–water partition coefficient (Wildman–Crippen LogP) is 3.08. The average molecular weight is 287 g/mol. The summed E-state index contributed by atoms with van der Waals surface area (Å²) in [6.07, 6.45) is 1.51. The van der Waals surface area contributed by atoms with Crippen molar-refractivity contribution in [3.05, 3.63) is 41.6 Å². The van der Waals surface area contributed by atoms with Gasteiger partial charge < -0.3 is 9.73 Å². The molecule has 5 nitrogen and oxygen atoms in total. The normalized spacial score (nSPS) is 10.9. The summed E-state index contributed by atoms with van der Waals surface area (Å²) in [7, 11) is 0. The Labute approximate surface area is 119 Å². The van der Waals surface area contributed by atoms with Gasteiger partial charge in [-0.1, -0.05) is 17.4 Å². The molecule has 6 heteroatoms. The van der Waals surface area contributed by atoms with Crippen LogP contribution in [0.25, 0.3) is 10.2 Å². The molecule has 1 aromatic carbocycles. The van der Waals surface area contributed by atoms with Crippen molar-refractivity contribution in [3.8, 4) is 0 Å². The van der Waals surface area contributed by atoms with Gasteiger partial charge in [0.15, 0.2) is 11.5 Å². The molecule has 0 atom stereocenters. The third kappa shape index (κ3) is 2.55. The Balaban J connectivity index is 1.75. The molecule has 102 valence electrons. The van der Waals surface area contributed by atoms with Crippen LogP contribution < -0.4 is 5.32 Å². The van der Waals surface area contributed by atoms with Gasteiger partial charge in [-0.2, -0.15) is 0 Å². The third-order valence-corrected chi connectivity index (χ3v) is 3.89. The number of thiazole rings is 1. The van der Waals surface area contributed by atoms with Crippen molar-refractivity contribution in [2.75, 3.05) is 5.32 Å². The number of nitrogens with one attached hydrogen (secondary N) is 1. The molecule has 0 saturated heterocycles. The molecular formula is C14H13N3O2S. The quantitative estimate of drug-likeness (QED) is 0.803. The van der Waals surface area contributed by atoms with Gasteiger partial charge in [-0.15, -0.1) is 0 Å². The highest BCUT2D eigenvalue weighted by atomic mass is 32.1. The highest BCUT2D eigenvalue weighted by Gasteiger charge is 2.12. The highest BCUT2D eigenvalue weighted by molar-refractivity contribution is 7.22. The first kappa shape index (κ1) is 12.8. The summed E-state index contributed by atoms with van der Waals surface area (Å²) in [6.45, 7) is 3.84. The molecule has 0 aliphatic carbocycles. The number of hydrogen-bond donors (Lipinski definition) is 1. The Bertz CT molecular complexity index is 776. The zero-order valence-corrected chi connectivity index (χ0v) is 12.0. The molecular weight excluding hydrogens is 274 g/mol. The van der Waals surface area contributed by atoms with Crippen molar-refractivity contribution >= 4 is 32.6 Å². The minimum absolute atomic E-state index is 0.152. The molecule has 2 heterocycles. The van der Waals surface area contributed by atoms with Crippen molar-refractivity contribution in [1.29, 1.82) is 0 Å². The average Bonchev–Trinajstić information content (AvgIpc) is 2.95. The predicted molar refractivity (Wildman–Crippen MR) is 77.9 cm³/mol. The van der Waals surface area contributed by atoms with Gasteiger partial charge in [-0.3, -0.25) is 4.79 Å². The largest absolute Gasteiger partial charge is 0.448 e. The highest BCUT2D eigenvalue weighted by Crippen LogP contribution is 2.26. The van der Waals surface area contributed by atoms with E-state index in [1.54, 1.807) is 0 Å². The van der Waals surface area contributed by atoms with Crippen LogP contribution in [0.5, 0.6) is 0 Å². The maximum Gasteiger partial charge on any atom is 0.233 e. The van der Waals surface area contributed by atoms with E-state index >= 15 is 0 Å². The van der Waals surface area contributed by atoms with Crippen LogP contribution in [0.3, 0.4) is 0 Å². The second-order valence-corrected chi connectivity index (χ2v) is 5.61. The Kier molecular flexibility index (Phi) is 3.23. The van der Waals surface area contributed by atoms with E-state index in [2.05, 4.69) is 21.4 Å². The number of nitrogens with zero attached hydrogens (tertiary/aromatic N) is 2. The van der Waals surface area contributed by atoms with E-state index < -0.39 is 0 Å². The molecule has 0 fully saturated rings. The van der Waals surface area contributed by atoms with Crippen LogP contribution >= 0.6 is 11.3 Å². The van der Waals surface area contributed by atoms with Crippen LogP contribution in [0.1, 0.15) is 17.0 Å². The van der Waals surface area contributed by atoms with E-state index in [-0.39, 0.29) is 12.3 Å². The van der Waals surface area contributed by atoms with Gasteiger partial charge in [0.2, 0.25) is 5.91 Å². The molecule has 1 amide bonds. The summed E-state index contributed by atoms with van der Waals surface area (Å²) < 4.78 is 6.22. The number of anilines is 1. The van der Waals surface area contributed by atoms with E-state index in [4.69, 9.17) is 4.42 Å². The van der Waals surface area contributed by atoms with Gasteiger partial charge in [0, 0.05) is 0 Å². The number of fused-ring (bicyclic) bond motifs is 1.